The van der Waals surface area contributed by atoms with Crippen molar-refractivity contribution >= 4 is 51.2 Å². The van der Waals surface area contributed by atoms with Crippen molar-refractivity contribution in [3.8, 4) is 11.5 Å². The van der Waals surface area contributed by atoms with Crippen LogP contribution >= 0.6 is 34.2 Å². The van der Waals surface area contributed by atoms with Gasteiger partial charge in [-0.3, -0.25) is 0 Å². The van der Waals surface area contributed by atoms with Crippen LogP contribution in [0.5, 0.6) is 11.5 Å². The van der Waals surface area contributed by atoms with Crippen molar-refractivity contribution in [1.29, 1.82) is 0 Å². The number of benzene rings is 4. The molecule has 4 aromatic rings. The molecule has 0 aromatic heterocycles. The minimum atomic E-state index is 0.463. The third kappa shape index (κ3) is 5.97. The van der Waals surface area contributed by atoms with E-state index in [9.17, 15) is 0 Å². The molecule has 1 N–H and O–H groups in total. The van der Waals surface area contributed by atoms with Crippen LogP contribution in [-0.4, -0.2) is 12.8 Å². The van der Waals surface area contributed by atoms with Crippen LogP contribution in [0.1, 0.15) is 23.6 Å². The van der Waals surface area contributed by atoms with Crippen molar-refractivity contribution in [1.82, 2.24) is 5.43 Å². The van der Waals surface area contributed by atoms with Crippen molar-refractivity contribution < 1.29 is 9.47 Å². The zero-order valence-corrected chi connectivity index (χ0v) is 21.1. The fourth-order valence-corrected chi connectivity index (χ4v) is 4.51. The zero-order chi connectivity index (χ0) is 23.0. The molecule has 0 atom stereocenters. The van der Waals surface area contributed by atoms with Crippen LogP contribution in [0, 0.1) is 3.57 Å². The van der Waals surface area contributed by atoms with Crippen molar-refractivity contribution in [2.75, 3.05) is 6.61 Å². The fourth-order valence-electron chi connectivity index (χ4n) is 3.53. The molecule has 0 fully saturated rings. The number of halogens is 2. The second-order valence-corrected chi connectivity index (χ2v) is 8.94. The Morgan fingerprint density at radius 2 is 1.70 bits per heavy atom. The minimum absolute atomic E-state index is 0.463. The summed E-state index contributed by atoms with van der Waals surface area (Å²) in [6.45, 7) is 3.53. The molecule has 4 nitrogen and oxygen atoms in total. The van der Waals surface area contributed by atoms with Gasteiger partial charge in [0.25, 0.3) is 0 Å². The van der Waals surface area contributed by atoms with Gasteiger partial charge in [-0.1, -0.05) is 72.3 Å². The van der Waals surface area contributed by atoms with Gasteiger partial charge in [0, 0.05) is 5.02 Å². The standard InChI is InChI=1S/C27H24ClIN2O2/c1-2-32-26-15-19(16-30-31-17-21-9-4-6-13-24(21)28)14-25(29)27(26)33-18-22-11-7-10-20-8-3-5-12-23(20)22/h3-16,31H,2,17-18H2,1H3/b30-16-. The summed E-state index contributed by atoms with van der Waals surface area (Å²) >= 11 is 8.48. The van der Waals surface area contributed by atoms with E-state index in [4.69, 9.17) is 21.1 Å². The van der Waals surface area contributed by atoms with Crippen LogP contribution in [0.3, 0.4) is 0 Å². The van der Waals surface area contributed by atoms with Crippen LogP contribution in [0.25, 0.3) is 10.8 Å². The molecule has 33 heavy (non-hydrogen) atoms. The second-order valence-electron chi connectivity index (χ2n) is 7.37. The molecule has 0 unspecified atom stereocenters. The quantitative estimate of drug-likeness (QED) is 0.131. The van der Waals surface area contributed by atoms with E-state index < -0.39 is 0 Å². The zero-order valence-electron chi connectivity index (χ0n) is 18.2. The van der Waals surface area contributed by atoms with Crippen molar-refractivity contribution in [2.24, 2.45) is 5.10 Å². The average Bonchev–Trinajstić information content (AvgIpc) is 2.82. The van der Waals surface area contributed by atoms with E-state index in [2.05, 4.69) is 69.5 Å². The number of hydrazone groups is 1. The van der Waals surface area contributed by atoms with E-state index in [0.717, 1.165) is 31.0 Å². The van der Waals surface area contributed by atoms with E-state index in [1.165, 1.54) is 10.8 Å². The average molecular weight is 571 g/mol. The van der Waals surface area contributed by atoms with E-state index >= 15 is 0 Å². The lowest BCUT2D eigenvalue weighted by atomic mass is 10.1. The van der Waals surface area contributed by atoms with Gasteiger partial charge in [0.2, 0.25) is 0 Å². The third-order valence-corrected chi connectivity index (χ3v) is 6.29. The topological polar surface area (TPSA) is 42.8 Å². The van der Waals surface area contributed by atoms with Crippen LogP contribution < -0.4 is 14.9 Å². The Balaban J connectivity index is 1.49. The van der Waals surface area contributed by atoms with Gasteiger partial charge in [-0.2, -0.15) is 5.10 Å². The van der Waals surface area contributed by atoms with Gasteiger partial charge in [0.05, 0.1) is 22.9 Å². The van der Waals surface area contributed by atoms with E-state index in [0.29, 0.717) is 25.5 Å². The first-order valence-electron chi connectivity index (χ1n) is 10.7. The molecule has 0 saturated heterocycles. The van der Waals surface area contributed by atoms with Crippen molar-refractivity contribution in [3.63, 3.8) is 0 Å². The first kappa shape index (κ1) is 23.4. The normalized spacial score (nSPS) is 11.1. The first-order chi connectivity index (χ1) is 16.2. The van der Waals surface area contributed by atoms with E-state index in [1.54, 1.807) is 6.21 Å². The Labute approximate surface area is 212 Å². The van der Waals surface area contributed by atoms with Crippen LogP contribution in [-0.2, 0) is 13.2 Å². The van der Waals surface area contributed by atoms with Gasteiger partial charge in [0.1, 0.15) is 6.61 Å². The lowest BCUT2D eigenvalue weighted by molar-refractivity contribution is 0.268. The van der Waals surface area contributed by atoms with Gasteiger partial charge < -0.3 is 14.9 Å². The Morgan fingerprint density at radius 1 is 0.939 bits per heavy atom. The summed E-state index contributed by atoms with van der Waals surface area (Å²) in [5.41, 5.74) is 6.11. The number of rotatable bonds is 9. The molecule has 0 aliphatic rings. The van der Waals surface area contributed by atoms with Gasteiger partial charge >= 0.3 is 0 Å². The summed E-state index contributed by atoms with van der Waals surface area (Å²) in [6.07, 6.45) is 1.77. The van der Waals surface area contributed by atoms with E-state index in [1.807, 2.05) is 49.4 Å². The molecule has 4 rings (SSSR count). The highest BCUT2D eigenvalue weighted by atomic mass is 127. The summed E-state index contributed by atoms with van der Waals surface area (Å²) in [6, 6.07) is 26.3. The summed E-state index contributed by atoms with van der Waals surface area (Å²) in [7, 11) is 0. The number of hydrogen-bond donors (Lipinski definition) is 1. The molecular formula is C27H24ClIN2O2. The molecule has 4 aromatic carbocycles. The number of hydrogen-bond acceptors (Lipinski definition) is 4. The summed E-state index contributed by atoms with van der Waals surface area (Å²) in [5.74, 6) is 1.45. The van der Waals surface area contributed by atoms with Crippen LogP contribution in [0.2, 0.25) is 5.02 Å². The molecule has 0 heterocycles. The van der Waals surface area contributed by atoms with Crippen molar-refractivity contribution in [2.45, 2.75) is 20.1 Å². The second kappa shape index (κ2) is 11.4. The highest BCUT2D eigenvalue weighted by molar-refractivity contribution is 14.1. The third-order valence-electron chi connectivity index (χ3n) is 5.12. The molecule has 6 heteroatoms. The highest BCUT2D eigenvalue weighted by Gasteiger charge is 2.13. The van der Waals surface area contributed by atoms with E-state index in [-0.39, 0.29) is 0 Å². The number of fused-ring (bicyclic) bond motifs is 1. The van der Waals surface area contributed by atoms with Gasteiger partial charge in [0.15, 0.2) is 11.5 Å². The maximum absolute atomic E-state index is 6.26. The van der Waals surface area contributed by atoms with Crippen LogP contribution in [0.15, 0.2) is 84.0 Å². The lowest BCUT2D eigenvalue weighted by Gasteiger charge is -2.15. The molecular weight excluding hydrogens is 547 g/mol. The summed E-state index contributed by atoms with van der Waals surface area (Å²) in [5, 5.41) is 7.47. The summed E-state index contributed by atoms with van der Waals surface area (Å²) in [4.78, 5) is 0. The monoisotopic (exact) mass is 570 g/mol. The fraction of sp³-hybridized carbons (Fsp3) is 0.148. The summed E-state index contributed by atoms with van der Waals surface area (Å²) < 4.78 is 13.1. The Hall–Kier alpha value is -2.77. The molecule has 0 amide bonds. The smallest absolute Gasteiger partial charge is 0.175 e. The minimum Gasteiger partial charge on any atom is -0.490 e. The molecule has 0 aliphatic heterocycles. The Kier molecular flexibility index (Phi) is 8.07. The highest BCUT2D eigenvalue weighted by Crippen LogP contribution is 2.35. The lowest BCUT2D eigenvalue weighted by Crippen LogP contribution is -2.06. The van der Waals surface area contributed by atoms with Gasteiger partial charge in [-0.15, -0.1) is 0 Å². The van der Waals surface area contributed by atoms with Gasteiger partial charge in [-0.05, 0) is 75.2 Å². The number of nitrogens with zero attached hydrogens (tertiary/aromatic N) is 1. The Bertz CT molecular complexity index is 1270. The maximum atomic E-state index is 6.26. The first-order valence-corrected chi connectivity index (χ1v) is 12.2. The molecule has 0 saturated carbocycles. The predicted octanol–water partition coefficient (Wildman–Crippen LogP) is 7.20. The Morgan fingerprint density at radius 3 is 2.55 bits per heavy atom. The molecule has 0 radical (unpaired) electrons. The largest absolute Gasteiger partial charge is 0.490 e. The van der Waals surface area contributed by atoms with Crippen LogP contribution in [0.4, 0.5) is 0 Å². The molecule has 0 bridgehead atoms. The van der Waals surface area contributed by atoms with Crippen molar-refractivity contribution in [3.05, 3.63) is 104 Å². The number of ether oxygens (including phenoxy) is 2. The van der Waals surface area contributed by atoms with Gasteiger partial charge in [-0.25, -0.2) is 0 Å². The molecule has 0 spiro atoms. The number of nitrogens with one attached hydrogen (secondary N) is 1. The maximum Gasteiger partial charge on any atom is 0.175 e. The predicted molar refractivity (Wildman–Crippen MR) is 144 cm³/mol. The molecule has 168 valence electrons. The SMILES string of the molecule is CCOc1cc(/C=N\NCc2ccccc2Cl)cc(I)c1OCc1cccc2ccccc12. The molecule has 0 aliphatic carbocycles.